The van der Waals surface area contributed by atoms with Crippen LogP contribution in [0.15, 0.2) is 33.8 Å². The minimum Gasteiger partial charge on any atom is -0.369 e. The van der Waals surface area contributed by atoms with E-state index in [4.69, 9.17) is 16.2 Å². The lowest BCUT2D eigenvalue weighted by atomic mass is 10.00. The van der Waals surface area contributed by atoms with Crippen LogP contribution in [0, 0.1) is 0 Å². The number of anilines is 2. The Hall–Kier alpha value is -4.09. The van der Waals surface area contributed by atoms with Crippen molar-refractivity contribution < 1.29 is 27.5 Å². The number of carbonyl (C=O) groups is 2. The largest absolute Gasteiger partial charge is 0.417 e. The third-order valence-corrected chi connectivity index (χ3v) is 10.1. The van der Waals surface area contributed by atoms with Gasteiger partial charge in [0.05, 0.1) is 34.1 Å². The number of nitrogen functional groups attached to an aromatic ring is 1. The van der Waals surface area contributed by atoms with Crippen molar-refractivity contribution in [3.8, 4) is 10.4 Å². The van der Waals surface area contributed by atoms with Crippen molar-refractivity contribution in [1.82, 2.24) is 24.4 Å². The van der Waals surface area contributed by atoms with Gasteiger partial charge in [0, 0.05) is 52.2 Å². The summed E-state index contributed by atoms with van der Waals surface area (Å²) < 4.78 is 52.2. The molecule has 2 amide bonds. The van der Waals surface area contributed by atoms with E-state index in [1.807, 2.05) is 13.8 Å². The Labute approximate surface area is 262 Å². The van der Waals surface area contributed by atoms with E-state index in [-0.39, 0.29) is 86.9 Å². The number of aromatic amines is 1. The Morgan fingerprint density at radius 3 is 2.58 bits per heavy atom. The second-order valence-corrected chi connectivity index (χ2v) is 13.0. The van der Waals surface area contributed by atoms with Crippen molar-refractivity contribution in [1.29, 1.82) is 0 Å². The number of piperazine rings is 1. The summed E-state index contributed by atoms with van der Waals surface area (Å²) in [6.07, 6.45) is -4.32. The number of fused-ring (bicyclic) bond motifs is 1. The van der Waals surface area contributed by atoms with Gasteiger partial charge in [-0.05, 0) is 26.0 Å². The summed E-state index contributed by atoms with van der Waals surface area (Å²) in [4.78, 5) is 53.1. The molecule has 5 N–H and O–H groups in total. The maximum Gasteiger partial charge on any atom is 0.417 e. The molecule has 0 aliphatic carbocycles. The minimum atomic E-state index is -4.80. The van der Waals surface area contributed by atoms with Crippen molar-refractivity contribution in [2.45, 2.75) is 49.7 Å². The lowest BCUT2D eigenvalue weighted by molar-refractivity contribution is -0.137. The number of hydrogen-bond acceptors (Lipinski definition) is 10. The molecule has 2 aliphatic rings. The third kappa shape index (κ3) is 5.42. The number of rotatable bonds is 6. The van der Waals surface area contributed by atoms with Crippen LogP contribution < -0.4 is 22.1 Å². The number of alkyl halides is 3. The van der Waals surface area contributed by atoms with Gasteiger partial charge in [-0.25, -0.2) is 9.78 Å². The Morgan fingerprint density at radius 1 is 1.22 bits per heavy atom. The van der Waals surface area contributed by atoms with Crippen LogP contribution in [-0.4, -0.2) is 79.9 Å². The Balaban J connectivity index is 1.63. The first-order chi connectivity index (χ1) is 21.3. The van der Waals surface area contributed by atoms with E-state index in [2.05, 4.69) is 21.5 Å². The van der Waals surface area contributed by atoms with Crippen molar-refractivity contribution in [2.24, 2.45) is 5.73 Å². The van der Waals surface area contributed by atoms with Crippen molar-refractivity contribution >= 4 is 68.6 Å². The molecule has 0 bridgehead atoms. The molecule has 4 aromatic rings. The first-order valence-corrected chi connectivity index (χ1v) is 15.8. The van der Waals surface area contributed by atoms with E-state index >= 15 is 13.2 Å². The Kier molecular flexibility index (Phi) is 7.81. The van der Waals surface area contributed by atoms with Crippen molar-refractivity contribution in [3.05, 3.63) is 40.1 Å². The van der Waals surface area contributed by atoms with Gasteiger partial charge < -0.3 is 31.0 Å². The SMILES string of the molecule is C=CC(=O)N1[C@H](C)CN(c2nc(=O)n3c4c(c(-c5scc6[nH]c(N)nc56)c(C(F)(F)F)cc24)SCC(OCC(N)=O)C3)C[C@@H]1C. The van der Waals surface area contributed by atoms with Crippen LogP contribution in [0.5, 0.6) is 0 Å². The monoisotopic (exact) mass is 662 g/mol. The highest BCUT2D eigenvalue weighted by atomic mass is 32.2. The maximum absolute atomic E-state index is 15.1. The molecule has 17 heteroatoms. The fraction of sp³-hybridized carbons (Fsp3) is 0.393. The van der Waals surface area contributed by atoms with Crippen LogP contribution >= 0.6 is 23.1 Å². The van der Waals surface area contributed by atoms with Crippen molar-refractivity contribution in [3.63, 3.8) is 0 Å². The molecule has 1 unspecified atom stereocenters. The number of benzene rings is 1. The molecule has 6 rings (SSSR count). The first kappa shape index (κ1) is 30.9. The molecule has 1 saturated heterocycles. The zero-order valence-corrected chi connectivity index (χ0v) is 25.8. The van der Waals surface area contributed by atoms with Gasteiger partial charge in [0.1, 0.15) is 17.9 Å². The molecule has 0 spiro atoms. The van der Waals surface area contributed by atoms with Crippen LogP contribution in [0.25, 0.3) is 32.4 Å². The maximum atomic E-state index is 15.1. The molecule has 12 nitrogen and oxygen atoms in total. The van der Waals surface area contributed by atoms with Crippen LogP contribution in [-0.2, 0) is 27.0 Å². The molecule has 238 valence electrons. The summed E-state index contributed by atoms with van der Waals surface area (Å²) in [7, 11) is 0. The number of nitrogens with zero attached hydrogens (tertiary/aromatic N) is 5. The molecule has 2 aliphatic heterocycles. The number of thiophene rings is 1. The highest BCUT2D eigenvalue weighted by molar-refractivity contribution is 7.99. The van der Waals surface area contributed by atoms with Crippen LogP contribution in [0.3, 0.4) is 0 Å². The molecule has 3 aromatic heterocycles. The summed E-state index contributed by atoms with van der Waals surface area (Å²) in [6, 6.07) is 0.344. The lowest BCUT2D eigenvalue weighted by Crippen LogP contribution is -2.58. The van der Waals surface area contributed by atoms with Gasteiger partial charge >= 0.3 is 11.9 Å². The van der Waals surface area contributed by atoms with E-state index < -0.39 is 36.0 Å². The van der Waals surface area contributed by atoms with Gasteiger partial charge in [0.2, 0.25) is 11.8 Å². The molecule has 1 fully saturated rings. The van der Waals surface area contributed by atoms with E-state index in [9.17, 15) is 14.4 Å². The first-order valence-electron chi connectivity index (χ1n) is 13.9. The average Bonchev–Trinajstić information content (AvgIpc) is 3.45. The van der Waals surface area contributed by atoms with E-state index in [1.54, 1.807) is 15.2 Å². The fourth-order valence-corrected chi connectivity index (χ4v) is 8.51. The minimum absolute atomic E-state index is 0.0579. The van der Waals surface area contributed by atoms with E-state index in [0.717, 1.165) is 29.2 Å². The van der Waals surface area contributed by atoms with E-state index in [1.165, 1.54) is 10.6 Å². The Bertz CT molecular complexity index is 1910. The van der Waals surface area contributed by atoms with Gasteiger partial charge in [-0.1, -0.05) is 6.58 Å². The number of aromatic nitrogens is 4. The molecule has 3 atom stereocenters. The predicted octanol–water partition coefficient (Wildman–Crippen LogP) is 3.19. The smallest absolute Gasteiger partial charge is 0.369 e. The standard InChI is InChI=1S/C28H29F3N8O4S2/c1-4-19(41)39-12(2)6-37(7-13(39)3)25-15-5-16(28(29,30)31)20(23-21-17(11-45-23)34-26(33)35-21)24-22(15)38(27(42)36-25)8-14(10-44-24)43-9-18(32)40/h4-5,11-14H,1,6-10H2,2-3H3,(H2,32,40)(H3,33,34,35)/t12-,13+,14?. The summed E-state index contributed by atoms with van der Waals surface area (Å²) in [6.45, 7) is 7.17. The van der Waals surface area contributed by atoms with Gasteiger partial charge in [-0.15, -0.1) is 23.1 Å². The number of ether oxygens (including phenoxy) is 1. The molecule has 5 heterocycles. The van der Waals surface area contributed by atoms with Crippen LogP contribution in [0.1, 0.15) is 19.4 Å². The number of carbonyl (C=O) groups excluding carboxylic acids is 2. The molecule has 0 radical (unpaired) electrons. The van der Waals surface area contributed by atoms with E-state index in [0.29, 0.717) is 5.52 Å². The average molecular weight is 663 g/mol. The number of nitrogens with two attached hydrogens (primary N) is 2. The number of hydrogen-bond donors (Lipinski definition) is 3. The summed E-state index contributed by atoms with van der Waals surface area (Å²) in [5.41, 5.74) is 10.4. The molecule has 1 aromatic carbocycles. The fourth-order valence-electron chi connectivity index (χ4n) is 6.18. The van der Waals surface area contributed by atoms with Crippen LogP contribution in [0.4, 0.5) is 24.9 Å². The predicted molar refractivity (Wildman–Crippen MR) is 166 cm³/mol. The molecule has 0 saturated carbocycles. The number of halogens is 3. The van der Waals surface area contributed by atoms with Gasteiger partial charge in [0.25, 0.3) is 0 Å². The second kappa shape index (κ2) is 11.4. The number of amides is 2. The summed E-state index contributed by atoms with van der Waals surface area (Å²) in [5.74, 6) is -0.711. The number of H-pyrrole nitrogens is 1. The second-order valence-electron chi connectivity index (χ2n) is 11.1. The zero-order chi connectivity index (χ0) is 32.4. The Morgan fingerprint density at radius 2 is 1.93 bits per heavy atom. The molecular formula is C28H29F3N8O4S2. The summed E-state index contributed by atoms with van der Waals surface area (Å²) in [5, 5.41) is 1.77. The number of primary amides is 1. The number of thioether (sulfide) groups is 1. The molecule has 45 heavy (non-hydrogen) atoms. The number of imidazole rings is 1. The van der Waals surface area contributed by atoms with Crippen LogP contribution in [0.2, 0.25) is 0 Å². The lowest BCUT2D eigenvalue weighted by Gasteiger charge is -2.44. The van der Waals surface area contributed by atoms with Gasteiger partial charge in [0.15, 0.2) is 5.95 Å². The highest BCUT2D eigenvalue weighted by Crippen LogP contribution is 2.51. The topological polar surface area (TPSA) is 165 Å². The molecular weight excluding hydrogens is 633 g/mol. The third-order valence-electron chi connectivity index (χ3n) is 7.90. The highest BCUT2D eigenvalue weighted by Gasteiger charge is 2.40. The number of nitrogens with one attached hydrogen (secondary N) is 1. The van der Waals surface area contributed by atoms with Gasteiger partial charge in [-0.3, -0.25) is 14.2 Å². The normalized spacial score (nSPS) is 20.5. The summed E-state index contributed by atoms with van der Waals surface area (Å²) >= 11 is 2.17. The van der Waals surface area contributed by atoms with Gasteiger partial charge in [-0.2, -0.15) is 18.2 Å². The quantitative estimate of drug-likeness (QED) is 0.263. The van der Waals surface area contributed by atoms with Crippen molar-refractivity contribution in [2.75, 3.05) is 36.1 Å². The zero-order valence-electron chi connectivity index (χ0n) is 24.2.